The number of carbonyl (C=O) groups excluding carboxylic acids is 9. The molecule has 0 spiro atoms. The molecule has 2 unspecified atom stereocenters. The Kier molecular flexibility index (Phi) is 37.6. The van der Waals surface area contributed by atoms with Gasteiger partial charge in [0.1, 0.15) is 70.5 Å². The van der Waals surface area contributed by atoms with Gasteiger partial charge in [0.2, 0.25) is 35.4 Å². The largest absolute Gasteiger partial charge is 0.540 e. The van der Waals surface area contributed by atoms with Crippen LogP contribution in [0.4, 0.5) is 0 Å². The first-order valence-corrected chi connectivity index (χ1v) is 49.8. The molecule has 755 valence electrons. The van der Waals surface area contributed by atoms with E-state index in [0.29, 0.717) is 106 Å². The maximum Gasteiger partial charge on any atom is 0.307 e. The molecule has 3 amide bonds. The number of fused-ring (bicyclic) bond motifs is 21. The molecule has 0 N–H and O–H groups in total. The third kappa shape index (κ3) is 25.1. The summed E-state index contributed by atoms with van der Waals surface area (Å²) in [5, 5.41) is 0. The number of carbonyl (C=O) groups is 6. The number of ether oxygens (including phenoxy) is 12. The molecule has 9 heterocycles. The molecule has 33 heteroatoms. The molecule has 8 bridgehead atoms. The molecule has 3 aromatic heterocycles. The van der Waals surface area contributed by atoms with Gasteiger partial charge >= 0.3 is 17.9 Å². The van der Waals surface area contributed by atoms with E-state index < -0.39 is 93.8 Å². The van der Waals surface area contributed by atoms with E-state index in [0.717, 1.165) is 149 Å². The second kappa shape index (κ2) is 47.6. The van der Waals surface area contributed by atoms with Crippen LogP contribution >= 0.6 is 0 Å². The number of rotatable bonds is 12. The molecule has 5 saturated carbocycles. The van der Waals surface area contributed by atoms with Gasteiger partial charge in [-0.1, -0.05) is 119 Å². The maximum atomic E-state index is 14.4. The van der Waals surface area contributed by atoms with Crippen LogP contribution in [0.1, 0.15) is 234 Å². The van der Waals surface area contributed by atoms with Crippen LogP contribution in [0.25, 0.3) is 33.1 Å². The Bertz CT molecular complexity index is 5190. The molecule has 3 aromatic carbocycles. The van der Waals surface area contributed by atoms with Crippen molar-refractivity contribution in [2.24, 2.45) is 93.2 Å². The zero-order chi connectivity index (χ0) is 96.8. The van der Waals surface area contributed by atoms with Gasteiger partial charge in [-0.15, -0.1) is 0 Å². The van der Waals surface area contributed by atoms with E-state index in [1.165, 1.54) is 27.5 Å². The average molecular weight is 2030 g/mol. The smallest absolute Gasteiger partial charge is 0.307 e. The van der Waals surface area contributed by atoms with Crippen LogP contribution in [0, 0.1) is 93.2 Å². The summed E-state index contributed by atoms with van der Waals surface area (Å²) in [6.45, 7) is 20.5. The monoisotopic (exact) mass is 2030 g/mol. The number of nitrogens with zero attached hydrogens (tertiary/aromatic N) is 9. The van der Waals surface area contributed by atoms with Crippen LogP contribution in [-0.2, 0) is 147 Å². The van der Waals surface area contributed by atoms with Gasteiger partial charge in [-0.05, 0) is 210 Å². The van der Waals surface area contributed by atoms with Gasteiger partial charge in [0.15, 0.2) is 0 Å². The van der Waals surface area contributed by atoms with E-state index in [-0.39, 0.29) is 168 Å². The van der Waals surface area contributed by atoms with Crippen molar-refractivity contribution in [3.63, 3.8) is 0 Å². The van der Waals surface area contributed by atoms with Gasteiger partial charge in [-0.3, -0.25) is 28.8 Å². The first-order valence-electron chi connectivity index (χ1n) is 49.8. The minimum Gasteiger partial charge on any atom is -0.540 e. The standard InChI is InChI=1S/C36H48N3O7.C35H46N3O7.C35H48N3O7.3V/c1-36(2,3)26-17-32(41)46-33-22-12-11-21(15-22)24(33)9-7-6-8-10-28-34(38-29-16-23(44-5)13-14-27(29)37-28)45-31-18-39(35(26)42)30(19-40)25(31)20-43-4;1-35(2,3)25-16-32(40)44-30-14-20-13-23(20)22(30)9-7-6-8-10-27-33(37-28-15-21(43-5)11-12-26(28)36-27)45-31-17-38(34(25)41)29(18-39)24(31)19-42-4;1-34(2,3)25-18-31(40)45-35(4)16-10-12-22(35)11-8-7-9-13-27-32(37-28-17-23(43-6)14-15-26(28)36-27)44-30-19-38(33(25)41)29(20-39)24(30)21-42-5;;;/h13-14,16,21-22,24-26,30-31,33H,6-12,15,17-18,20H2,1-5H3;11-12,15,20,22-25,29-31H,6-10,13-14,16-17,19H2,1-5H3;14-15,17,22,24-25,29-30H,7-13,16,18-19,21H2,1-6H3;;;/q3*-1;;;/t21-,22+,24-,25+,26-,30-,31+,33-;20?,22-,23?,24+,25-,29-,30-,31+;22-,24+,25-,29-,30+,35-;;;/m111.../s1. The number of esters is 3. The fourth-order valence-corrected chi connectivity index (χ4v) is 23.8. The molecule has 3 radical (unpaired) electrons. The Morgan fingerprint density at radius 1 is 0.381 bits per heavy atom. The quantitative estimate of drug-likeness (QED) is 0.0624. The van der Waals surface area contributed by atoms with Crippen molar-refractivity contribution in [2.75, 3.05) is 82.1 Å². The summed E-state index contributed by atoms with van der Waals surface area (Å²) in [7, 11) is 9.51. The summed E-state index contributed by atoms with van der Waals surface area (Å²) >= 11 is 0. The van der Waals surface area contributed by atoms with Crippen molar-refractivity contribution in [3.05, 3.63) is 71.7 Å². The third-order valence-corrected chi connectivity index (χ3v) is 31.6. The molecule has 5 aliphatic carbocycles. The Morgan fingerprint density at radius 2 is 0.748 bits per heavy atom. The van der Waals surface area contributed by atoms with Crippen LogP contribution in [0.2, 0.25) is 0 Å². The maximum absolute atomic E-state index is 14.4. The third-order valence-electron chi connectivity index (χ3n) is 31.6. The van der Waals surface area contributed by atoms with Gasteiger partial charge in [-0.2, -0.15) is 0 Å². The van der Waals surface area contributed by atoms with E-state index >= 15 is 0 Å². The van der Waals surface area contributed by atoms with Crippen molar-refractivity contribution in [2.45, 2.75) is 290 Å². The Labute approximate surface area is 854 Å². The van der Waals surface area contributed by atoms with Crippen molar-refractivity contribution in [3.8, 4) is 34.9 Å². The second-order valence-corrected chi connectivity index (χ2v) is 43.6. The van der Waals surface area contributed by atoms with E-state index in [9.17, 15) is 43.2 Å². The average Bonchev–Trinajstić information content (AvgIpc) is 1.60. The van der Waals surface area contributed by atoms with E-state index in [1.807, 2.05) is 117 Å². The van der Waals surface area contributed by atoms with Crippen molar-refractivity contribution >= 4 is 87.6 Å². The van der Waals surface area contributed by atoms with E-state index in [4.69, 9.17) is 86.7 Å². The molecule has 11 aliphatic rings. The first-order chi connectivity index (χ1) is 65.2. The molecule has 22 atom stereocenters. The van der Waals surface area contributed by atoms with E-state index in [2.05, 4.69) is 25.8 Å². The van der Waals surface area contributed by atoms with Gasteiger partial charge < -0.3 is 85.9 Å². The van der Waals surface area contributed by atoms with Crippen molar-refractivity contribution in [1.29, 1.82) is 0 Å². The summed E-state index contributed by atoms with van der Waals surface area (Å²) in [6.07, 6.45) is 26.6. The normalized spacial score (nSPS) is 30.9. The molecule has 6 aromatic rings. The Morgan fingerprint density at radius 3 is 1.13 bits per heavy atom. The number of aromatic nitrogens is 6. The van der Waals surface area contributed by atoms with Gasteiger partial charge in [0, 0.05) is 113 Å². The summed E-state index contributed by atoms with van der Waals surface area (Å²) in [5.74, 6) is 1.12. The Balaban J connectivity index is 0.000000185. The zero-order valence-electron chi connectivity index (χ0n) is 83.9. The van der Waals surface area contributed by atoms with Crippen LogP contribution in [0.15, 0.2) is 54.6 Å². The van der Waals surface area contributed by atoms with Crippen LogP contribution in [-0.4, -0.2) is 235 Å². The summed E-state index contributed by atoms with van der Waals surface area (Å²) in [4.78, 5) is 155. The first kappa shape index (κ1) is 110. The number of hydrogen-bond acceptors (Lipinski definition) is 27. The molecular formula is C106H142N9O21V3-3. The van der Waals surface area contributed by atoms with E-state index in [1.54, 1.807) is 42.7 Å². The van der Waals surface area contributed by atoms with Crippen molar-refractivity contribution < 1.29 is 156 Å². The fourth-order valence-electron chi connectivity index (χ4n) is 23.8. The molecule has 3 saturated heterocycles. The minimum atomic E-state index is -0.904. The van der Waals surface area contributed by atoms with Gasteiger partial charge in [-0.25, -0.2) is 48.8 Å². The molecular weight excluding hydrogens is 1890 g/mol. The van der Waals surface area contributed by atoms with Crippen LogP contribution in [0.5, 0.6) is 34.9 Å². The van der Waals surface area contributed by atoms with Crippen LogP contribution in [0.3, 0.4) is 0 Å². The second-order valence-electron chi connectivity index (χ2n) is 43.6. The Hall–Kier alpha value is -8.06. The zero-order valence-corrected chi connectivity index (χ0v) is 88.1. The van der Waals surface area contributed by atoms with Crippen molar-refractivity contribution in [1.82, 2.24) is 44.6 Å². The molecule has 17 rings (SSSR count). The predicted octanol–water partition coefficient (Wildman–Crippen LogP) is 15.0. The summed E-state index contributed by atoms with van der Waals surface area (Å²) in [6, 6.07) is 14.1. The SMILES string of the molecule is COC[C@@H]1[C@@H]2CN(C(=O)[C@H](C(C)(C)C)CC(=O)O[C@@H]3CC4CC4[C@H]3CCCCCc3nc4ccc(OC)cc4nc3O2)[C@@H]1[C-]=O.COC[C@@H]1[C@@H]2CN(C(=O)[C@H](C(C)(C)C)CC(=O)O[C@@H]3[C@H]4CC[C@H](C4)[C@H]3CCCCCc3nc4ccc(OC)cc4nc3O2)[C@@H]1[C-]=O.COC[C@@H]1[C@@H]2CN(C(=O)[C@H](C(C)(C)C)CC(=O)O[C@]3(C)CCC[C@H]3CCCCCc3nc4ccc(OC)cc4nc3O2)[C@@H]1[C-]=O.[V].[V].[V]. The van der Waals surface area contributed by atoms with Gasteiger partial charge in [0.25, 0.3) is 0 Å². The molecule has 139 heavy (non-hydrogen) atoms. The number of aryl methyl sites for hydroxylation is 3. The minimum absolute atomic E-state index is 0. The number of hydrogen-bond donors (Lipinski definition) is 0. The molecule has 30 nitrogen and oxygen atoms in total. The molecule has 8 fully saturated rings. The summed E-state index contributed by atoms with van der Waals surface area (Å²) in [5.41, 5.74) is 4.21. The summed E-state index contributed by atoms with van der Waals surface area (Å²) < 4.78 is 71.3. The predicted molar refractivity (Wildman–Crippen MR) is 506 cm³/mol. The van der Waals surface area contributed by atoms with Crippen LogP contribution < -0.4 is 28.4 Å². The molecule has 6 aliphatic heterocycles. The number of benzene rings is 3. The number of amides is 3. The van der Waals surface area contributed by atoms with Gasteiger partial charge in [0.05, 0.1) is 131 Å². The fraction of sp³-hybridized carbons (Fsp3) is 0.689. The topological polar surface area (TPSA) is 351 Å². The number of methoxy groups -OCH3 is 6.